The summed E-state index contributed by atoms with van der Waals surface area (Å²) in [4.78, 5) is 22.3. The average Bonchev–Trinajstić information content (AvgIpc) is 2.58. The lowest BCUT2D eigenvalue weighted by molar-refractivity contribution is -0.115. The molecule has 1 aliphatic rings. The number of carbonyl (C=O) groups is 2. The van der Waals surface area contributed by atoms with Crippen LogP contribution in [-0.4, -0.2) is 19.0 Å². The molecule has 0 aliphatic carbocycles. The van der Waals surface area contributed by atoms with Crippen LogP contribution < -0.4 is 15.4 Å². The fraction of sp³-hybridized carbons (Fsp3) is 0.0909. The smallest absolute Gasteiger partial charge is 0.326 e. The van der Waals surface area contributed by atoms with Gasteiger partial charge in [-0.2, -0.15) is 0 Å². The Morgan fingerprint density at radius 2 is 2.06 bits per heavy atom. The highest BCUT2D eigenvalue weighted by atomic mass is 79.9. The van der Waals surface area contributed by atoms with E-state index in [0.717, 1.165) is 4.47 Å². The first-order valence-corrected chi connectivity index (χ1v) is 5.57. The number of methoxy groups -OCH3 is 1. The minimum Gasteiger partial charge on any atom is -0.496 e. The van der Waals surface area contributed by atoms with Crippen molar-refractivity contribution >= 4 is 33.9 Å². The maximum atomic E-state index is 11.4. The van der Waals surface area contributed by atoms with Crippen molar-refractivity contribution in [3.8, 4) is 5.75 Å². The van der Waals surface area contributed by atoms with E-state index in [9.17, 15) is 9.59 Å². The number of hydrogen-bond acceptors (Lipinski definition) is 3. The van der Waals surface area contributed by atoms with Gasteiger partial charge < -0.3 is 10.1 Å². The van der Waals surface area contributed by atoms with E-state index >= 15 is 0 Å². The zero-order valence-electron chi connectivity index (χ0n) is 8.91. The summed E-state index contributed by atoms with van der Waals surface area (Å²) in [7, 11) is 1.54. The highest BCUT2D eigenvalue weighted by Crippen LogP contribution is 2.25. The number of benzene rings is 1. The molecule has 17 heavy (non-hydrogen) atoms. The minimum absolute atomic E-state index is 0.200. The van der Waals surface area contributed by atoms with Gasteiger partial charge in [0.2, 0.25) is 0 Å². The summed E-state index contributed by atoms with van der Waals surface area (Å²) in [6, 6.07) is 4.87. The molecule has 1 saturated heterocycles. The van der Waals surface area contributed by atoms with Crippen LogP contribution in [0.5, 0.6) is 5.75 Å². The minimum atomic E-state index is -0.518. The van der Waals surface area contributed by atoms with E-state index in [1.165, 1.54) is 0 Å². The Kier molecular flexibility index (Phi) is 3.14. The van der Waals surface area contributed by atoms with E-state index in [1.807, 2.05) is 6.07 Å². The summed E-state index contributed by atoms with van der Waals surface area (Å²) in [5.41, 5.74) is 0.903. The topological polar surface area (TPSA) is 67.4 Å². The molecule has 0 unspecified atom stereocenters. The molecule has 0 aromatic heterocycles. The van der Waals surface area contributed by atoms with Gasteiger partial charge in [-0.3, -0.25) is 10.1 Å². The van der Waals surface area contributed by atoms with Gasteiger partial charge in [0.15, 0.2) is 0 Å². The average molecular weight is 297 g/mol. The summed E-state index contributed by atoms with van der Waals surface area (Å²) >= 11 is 3.33. The first-order chi connectivity index (χ1) is 8.10. The molecule has 0 radical (unpaired) electrons. The van der Waals surface area contributed by atoms with Crippen LogP contribution in [0.15, 0.2) is 28.4 Å². The molecule has 5 nitrogen and oxygen atoms in total. The Hall–Kier alpha value is -1.82. The standard InChI is InChI=1S/C11H9BrN2O3/c1-17-9-3-2-7(12)4-6(9)5-8-10(15)14-11(16)13-8/h2-5H,1H3,(H2,13,14,15,16). The fourth-order valence-corrected chi connectivity index (χ4v) is 1.83. The molecule has 88 valence electrons. The van der Waals surface area contributed by atoms with E-state index in [0.29, 0.717) is 11.3 Å². The third kappa shape index (κ3) is 2.47. The van der Waals surface area contributed by atoms with Crippen molar-refractivity contribution in [2.75, 3.05) is 7.11 Å². The Bertz CT molecular complexity index is 525. The molecule has 0 atom stereocenters. The fourth-order valence-electron chi connectivity index (χ4n) is 1.46. The second-order valence-electron chi connectivity index (χ2n) is 3.35. The third-order valence-electron chi connectivity index (χ3n) is 2.21. The highest BCUT2D eigenvalue weighted by Gasteiger charge is 2.23. The predicted octanol–water partition coefficient (Wildman–Crippen LogP) is 1.64. The van der Waals surface area contributed by atoms with E-state index in [4.69, 9.17) is 4.74 Å². The Labute approximate surface area is 106 Å². The van der Waals surface area contributed by atoms with Gasteiger partial charge in [0, 0.05) is 10.0 Å². The van der Waals surface area contributed by atoms with Gasteiger partial charge in [-0.25, -0.2) is 4.79 Å². The van der Waals surface area contributed by atoms with Gasteiger partial charge in [0.05, 0.1) is 7.11 Å². The molecular formula is C11H9BrN2O3. The van der Waals surface area contributed by atoms with Gasteiger partial charge >= 0.3 is 6.03 Å². The van der Waals surface area contributed by atoms with Crippen molar-refractivity contribution < 1.29 is 14.3 Å². The number of amides is 3. The van der Waals surface area contributed by atoms with Crippen LogP contribution in [0.25, 0.3) is 6.08 Å². The zero-order chi connectivity index (χ0) is 12.4. The van der Waals surface area contributed by atoms with Gasteiger partial charge in [0.1, 0.15) is 11.4 Å². The van der Waals surface area contributed by atoms with Crippen LogP contribution in [0.1, 0.15) is 5.56 Å². The van der Waals surface area contributed by atoms with Gasteiger partial charge in [-0.05, 0) is 24.3 Å². The number of halogens is 1. The summed E-state index contributed by atoms with van der Waals surface area (Å²) in [5, 5.41) is 4.54. The number of nitrogens with one attached hydrogen (secondary N) is 2. The molecular weight excluding hydrogens is 288 g/mol. The molecule has 1 aromatic carbocycles. The van der Waals surface area contributed by atoms with Crippen LogP contribution >= 0.6 is 15.9 Å². The van der Waals surface area contributed by atoms with Gasteiger partial charge in [-0.1, -0.05) is 15.9 Å². The van der Waals surface area contributed by atoms with Gasteiger partial charge in [0.25, 0.3) is 5.91 Å². The monoisotopic (exact) mass is 296 g/mol. The molecule has 1 aliphatic heterocycles. The van der Waals surface area contributed by atoms with Crippen LogP contribution in [0, 0.1) is 0 Å². The maximum absolute atomic E-state index is 11.4. The Balaban J connectivity index is 2.41. The summed E-state index contributed by atoms with van der Waals surface area (Å²) in [6.45, 7) is 0. The molecule has 2 N–H and O–H groups in total. The van der Waals surface area contributed by atoms with Crippen molar-refractivity contribution in [3.63, 3.8) is 0 Å². The molecule has 0 bridgehead atoms. The lowest BCUT2D eigenvalue weighted by atomic mass is 10.1. The van der Waals surface area contributed by atoms with Crippen molar-refractivity contribution in [1.82, 2.24) is 10.6 Å². The highest BCUT2D eigenvalue weighted by molar-refractivity contribution is 9.10. The summed E-state index contributed by atoms with van der Waals surface area (Å²) in [6.07, 6.45) is 1.56. The summed E-state index contributed by atoms with van der Waals surface area (Å²) in [5.74, 6) is 0.173. The Morgan fingerprint density at radius 1 is 1.29 bits per heavy atom. The van der Waals surface area contributed by atoms with E-state index in [-0.39, 0.29) is 5.70 Å². The largest absolute Gasteiger partial charge is 0.496 e. The van der Waals surface area contributed by atoms with Crippen molar-refractivity contribution in [3.05, 3.63) is 33.9 Å². The first-order valence-electron chi connectivity index (χ1n) is 4.77. The van der Waals surface area contributed by atoms with Crippen molar-refractivity contribution in [1.29, 1.82) is 0 Å². The van der Waals surface area contributed by atoms with Crippen LogP contribution in [-0.2, 0) is 4.79 Å². The van der Waals surface area contributed by atoms with Crippen molar-refractivity contribution in [2.45, 2.75) is 0 Å². The molecule has 2 rings (SSSR count). The molecule has 3 amide bonds. The zero-order valence-corrected chi connectivity index (χ0v) is 10.5. The predicted molar refractivity (Wildman–Crippen MR) is 65.3 cm³/mol. The van der Waals surface area contributed by atoms with E-state index in [1.54, 1.807) is 25.3 Å². The molecule has 1 fully saturated rings. The van der Waals surface area contributed by atoms with Crippen molar-refractivity contribution in [2.24, 2.45) is 0 Å². The summed E-state index contributed by atoms with van der Waals surface area (Å²) < 4.78 is 6.02. The number of imide groups is 1. The second-order valence-corrected chi connectivity index (χ2v) is 4.27. The van der Waals surface area contributed by atoms with Crippen LogP contribution in [0.2, 0.25) is 0 Å². The first kappa shape index (κ1) is 11.7. The molecule has 1 aromatic rings. The van der Waals surface area contributed by atoms with Gasteiger partial charge in [-0.15, -0.1) is 0 Å². The number of urea groups is 1. The molecule has 1 heterocycles. The molecule has 0 saturated carbocycles. The second kappa shape index (κ2) is 4.58. The third-order valence-corrected chi connectivity index (χ3v) is 2.70. The number of hydrogen-bond donors (Lipinski definition) is 2. The lowest BCUT2D eigenvalue weighted by Crippen LogP contribution is -2.22. The normalized spacial score (nSPS) is 16.9. The number of ether oxygens (including phenoxy) is 1. The number of carbonyl (C=O) groups excluding carboxylic acids is 2. The molecule has 0 spiro atoms. The van der Waals surface area contributed by atoms with Crippen LogP contribution in [0.4, 0.5) is 4.79 Å². The van der Waals surface area contributed by atoms with Crippen LogP contribution in [0.3, 0.4) is 0 Å². The SMILES string of the molecule is COc1ccc(Br)cc1C=C1NC(=O)NC1=O. The maximum Gasteiger partial charge on any atom is 0.326 e. The Morgan fingerprint density at radius 3 is 2.65 bits per heavy atom. The lowest BCUT2D eigenvalue weighted by Gasteiger charge is -2.05. The molecule has 6 heteroatoms. The number of rotatable bonds is 2. The van der Waals surface area contributed by atoms with E-state index < -0.39 is 11.9 Å². The van der Waals surface area contributed by atoms with E-state index in [2.05, 4.69) is 26.6 Å². The quantitative estimate of drug-likeness (QED) is 0.644.